The number of hydrogen-bond donors (Lipinski definition) is 3. The number of rotatable bonds is 10. The monoisotopic (exact) mass is 547 g/mol. The van der Waals surface area contributed by atoms with E-state index in [2.05, 4.69) is 10.1 Å². The minimum Gasteiger partial charge on any atom is -0.462 e. The molecule has 198 valence electrons. The second kappa shape index (κ2) is 11.8. The van der Waals surface area contributed by atoms with Gasteiger partial charge in [0.25, 0.3) is 0 Å². The second-order valence-electron chi connectivity index (χ2n) is 8.31. The van der Waals surface area contributed by atoms with E-state index in [4.69, 9.17) is 33.5 Å². The Morgan fingerprint density at radius 1 is 1.39 bits per heavy atom. The van der Waals surface area contributed by atoms with E-state index in [1.54, 1.807) is 39.0 Å². The van der Waals surface area contributed by atoms with Crippen LogP contribution < -0.4 is 15.3 Å². The van der Waals surface area contributed by atoms with Gasteiger partial charge in [-0.25, -0.2) is 13.8 Å². The normalized spacial score (nSPS) is 25.5. The molecule has 11 nitrogen and oxygen atoms in total. The van der Waals surface area contributed by atoms with Crippen LogP contribution in [0.5, 0.6) is 5.75 Å². The molecule has 6 atom stereocenters. The molecule has 36 heavy (non-hydrogen) atoms. The highest BCUT2D eigenvalue weighted by molar-refractivity contribution is 7.71. The first kappa shape index (κ1) is 25.2. The zero-order chi connectivity index (χ0) is 28.4. The van der Waals surface area contributed by atoms with Crippen molar-refractivity contribution in [2.75, 3.05) is 6.56 Å². The first-order chi connectivity index (χ1) is 17.6. The molecule has 14 heteroatoms. The van der Waals surface area contributed by atoms with Gasteiger partial charge in [-0.1, -0.05) is 30.4 Å². The van der Waals surface area contributed by atoms with Crippen LogP contribution in [0, 0.1) is 11.6 Å². The molecule has 1 saturated heterocycles. The van der Waals surface area contributed by atoms with Gasteiger partial charge in [0.2, 0.25) is 0 Å². The van der Waals surface area contributed by atoms with Gasteiger partial charge in [-0.05, 0) is 39.8 Å². The fraction of sp³-hybridized carbons (Fsp3) is 0.500. The lowest BCUT2D eigenvalue weighted by Gasteiger charge is -2.25. The number of aromatic nitrogens is 2. The first-order valence-corrected chi connectivity index (χ1v) is 12.9. The Morgan fingerprint density at radius 2 is 2.06 bits per heavy atom. The molecule has 3 N–H and O–H groups in total. The number of halogens is 1. The lowest BCUT2D eigenvalue weighted by molar-refractivity contribution is -0.149. The number of hydrogen-bond acceptors (Lipinski definition) is 9. The van der Waals surface area contributed by atoms with E-state index < -0.39 is 62.7 Å². The summed E-state index contributed by atoms with van der Waals surface area (Å²) in [6, 6.07) is 6.29. The highest BCUT2D eigenvalue weighted by atomic mass is 32.1. The smallest absolute Gasteiger partial charge is 0.459 e. The fourth-order valence-electron chi connectivity index (χ4n) is 3.17. The fourth-order valence-corrected chi connectivity index (χ4v) is 4.67. The first-order valence-electron chi connectivity index (χ1n) is 12.0. The minimum atomic E-state index is -4.76. The molecule has 0 spiro atoms. The summed E-state index contributed by atoms with van der Waals surface area (Å²) in [4.78, 5) is 27.0. The van der Waals surface area contributed by atoms with Crippen LogP contribution in [-0.2, 0) is 23.4 Å². The van der Waals surface area contributed by atoms with Gasteiger partial charge in [-0.3, -0.25) is 18.9 Å². The van der Waals surface area contributed by atoms with Crippen LogP contribution in [0.15, 0.2) is 41.3 Å². The number of nitrogens with zero attached hydrogens (tertiary/aromatic N) is 1. The molecule has 2 heterocycles. The maximum atomic E-state index is 15.1. The van der Waals surface area contributed by atoms with Crippen molar-refractivity contribution in [3.63, 3.8) is 0 Å². The Hall–Kier alpha value is -2.41. The predicted molar refractivity (Wildman–Crippen MR) is 130 cm³/mol. The van der Waals surface area contributed by atoms with Gasteiger partial charge < -0.3 is 19.1 Å². The molecule has 1 fully saturated rings. The van der Waals surface area contributed by atoms with Gasteiger partial charge in [0.15, 0.2) is 12.4 Å². The Morgan fingerprint density at radius 3 is 2.69 bits per heavy atom. The number of para-hydroxylation sites is 1. The van der Waals surface area contributed by atoms with Gasteiger partial charge in [0.05, 0.1) is 15.4 Å². The molecular weight excluding hydrogens is 516 g/mol. The highest BCUT2D eigenvalue weighted by Gasteiger charge is 2.47. The summed E-state index contributed by atoms with van der Waals surface area (Å²) >= 11 is 4.98. The molecule has 1 unspecified atom stereocenters. The van der Waals surface area contributed by atoms with Crippen molar-refractivity contribution in [3.05, 3.63) is 57.2 Å². The van der Waals surface area contributed by atoms with E-state index in [9.17, 15) is 19.3 Å². The standard InChI is InChI=1S/C22H29FN3O8PS/c1-12(2)32-21(28)14(4)25-35(30,34-15-8-6-5-7-9-15)31-11-16-18(27)17(23)20(33-16)26-10-13(3)19(36)24-22(26)29/h5-10,12,14,16-18,20,27H,11H2,1-4H3,(H,25,30)(H,24,29,36)/t14-,16-,17+,18?,20-,35-/m0/s1/i11D2. The van der Waals surface area contributed by atoms with Gasteiger partial charge in [-0.15, -0.1) is 0 Å². The van der Waals surface area contributed by atoms with Crippen molar-refractivity contribution in [1.82, 2.24) is 14.6 Å². The number of carbonyl (C=O) groups excluding carboxylic acids is 1. The number of esters is 1. The lowest BCUT2D eigenvalue weighted by atomic mass is 10.1. The van der Waals surface area contributed by atoms with Crippen molar-refractivity contribution in [2.24, 2.45) is 0 Å². The van der Waals surface area contributed by atoms with Crippen LogP contribution in [0.1, 0.15) is 35.3 Å². The third-order valence-corrected chi connectivity index (χ3v) is 6.85. The summed E-state index contributed by atoms with van der Waals surface area (Å²) in [5, 5.41) is 12.8. The van der Waals surface area contributed by atoms with Crippen molar-refractivity contribution in [3.8, 4) is 5.75 Å². The number of aliphatic hydroxyl groups excluding tert-OH is 1. The molecule has 1 aliphatic rings. The van der Waals surface area contributed by atoms with E-state index >= 15 is 4.39 Å². The summed E-state index contributed by atoms with van der Waals surface area (Å²) in [6.07, 6.45) is -7.52. The van der Waals surface area contributed by atoms with Crippen LogP contribution in [0.25, 0.3) is 0 Å². The van der Waals surface area contributed by atoms with E-state index in [-0.39, 0.29) is 10.4 Å². The zero-order valence-electron chi connectivity index (χ0n) is 21.9. The molecule has 2 aromatic rings. The number of ether oxygens (including phenoxy) is 2. The van der Waals surface area contributed by atoms with Crippen LogP contribution in [0.2, 0.25) is 0 Å². The quantitative estimate of drug-likeness (QED) is 0.231. The van der Waals surface area contributed by atoms with Crippen LogP contribution in [0.4, 0.5) is 4.39 Å². The maximum absolute atomic E-state index is 15.1. The molecule has 3 rings (SSSR count). The summed E-state index contributed by atoms with van der Waals surface area (Å²) < 4.78 is 67.6. The molecule has 0 aliphatic carbocycles. The number of alkyl halides is 1. The molecule has 1 aromatic heterocycles. The third kappa shape index (κ3) is 6.87. The number of aromatic amines is 1. The van der Waals surface area contributed by atoms with Gasteiger partial charge >= 0.3 is 19.4 Å². The number of benzene rings is 1. The number of H-pyrrole nitrogens is 1. The van der Waals surface area contributed by atoms with Gasteiger partial charge in [-0.2, -0.15) is 5.09 Å². The van der Waals surface area contributed by atoms with Crippen LogP contribution >= 0.6 is 20.0 Å². The average Bonchev–Trinajstić information content (AvgIpc) is 3.11. The summed E-state index contributed by atoms with van der Waals surface area (Å²) in [7, 11) is -4.76. The maximum Gasteiger partial charge on any atom is 0.459 e. The van der Waals surface area contributed by atoms with E-state index in [0.717, 1.165) is 4.57 Å². The Bertz CT molecular complexity index is 1310. The predicted octanol–water partition coefficient (Wildman–Crippen LogP) is 2.94. The molecular formula is C22H29FN3O8PS. The largest absolute Gasteiger partial charge is 0.462 e. The molecule has 0 bridgehead atoms. The molecule has 0 saturated carbocycles. The molecule has 0 radical (unpaired) electrons. The summed E-state index contributed by atoms with van der Waals surface area (Å²) in [6.45, 7) is 2.91. The summed E-state index contributed by atoms with van der Waals surface area (Å²) in [5.41, 5.74) is -0.445. The third-order valence-electron chi connectivity index (χ3n) is 4.93. The van der Waals surface area contributed by atoms with Gasteiger partial charge in [0.1, 0.15) is 28.6 Å². The van der Waals surface area contributed by atoms with Crippen molar-refractivity contribution >= 4 is 25.9 Å². The highest BCUT2D eigenvalue weighted by Crippen LogP contribution is 2.46. The Labute approximate surface area is 214 Å². The van der Waals surface area contributed by atoms with Crippen molar-refractivity contribution < 1.29 is 40.1 Å². The number of aliphatic hydroxyl groups is 1. The van der Waals surface area contributed by atoms with E-state index in [1.165, 1.54) is 25.3 Å². The second-order valence-corrected chi connectivity index (χ2v) is 10.3. The SMILES string of the molecule is [2H]C([2H])(O[P@@](=O)(N[C@@H](C)C(=O)OC(C)C)Oc1ccccc1)[C@@H]1O[C@H](n2cc(C)c(=S)[nH]c2=O)[C@H](F)C1O. The average molecular weight is 548 g/mol. The number of carbonyl (C=O) groups is 1. The topological polar surface area (TPSA) is 141 Å². The molecule has 1 aliphatic heterocycles. The minimum absolute atomic E-state index is 0.000683. The Balaban J connectivity index is 1.90. The van der Waals surface area contributed by atoms with Crippen molar-refractivity contribution in [2.45, 2.75) is 64.4 Å². The molecule has 0 amide bonds. The zero-order valence-corrected chi connectivity index (χ0v) is 21.6. The molecule has 1 aromatic carbocycles. The Kier molecular flexibility index (Phi) is 8.25. The number of nitrogens with one attached hydrogen (secondary N) is 2. The van der Waals surface area contributed by atoms with Crippen LogP contribution in [-0.4, -0.2) is 57.7 Å². The van der Waals surface area contributed by atoms with Crippen molar-refractivity contribution in [1.29, 1.82) is 0 Å². The van der Waals surface area contributed by atoms with E-state index in [0.29, 0.717) is 5.56 Å². The van der Waals surface area contributed by atoms with Crippen LogP contribution in [0.3, 0.4) is 0 Å². The lowest BCUT2D eigenvalue weighted by Crippen LogP contribution is -2.37. The van der Waals surface area contributed by atoms with E-state index in [1.807, 2.05) is 0 Å². The number of aryl methyl sites for hydroxylation is 1. The van der Waals surface area contributed by atoms with Gasteiger partial charge in [0, 0.05) is 11.8 Å². The summed E-state index contributed by atoms with van der Waals surface area (Å²) in [5.74, 6) is -0.822.